The highest BCUT2D eigenvalue weighted by atomic mass is 35.5. The molecular weight excluding hydrogens is 314 g/mol. The van der Waals surface area contributed by atoms with E-state index in [2.05, 4.69) is 16.8 Å². The van der Waals surface area contributed by atoms with Gasteiger partial charge in [-0.25, -0.2) is 0 Å². The summed E-state index contributed by atoms with van der Waals surface area (Å²) in [4.78, 5) is 18.9. The van der Waals surface area contributed by atoms with E-state index >= 15 is 0 Å². The minimum absolute atomic E-state index is 0.0539. The number of rotatable bonds is 3. The van der Waals surface area contributed by atoms with Crippen LogP contribution in [0, 0.1) is 0 Å². The number of hydrogen-bond donors (Lipinski definition) is 1. The summed E-state index contributed by atoms with van der Waals surface area (Å²) in [6, 6.07) is 6.99. The Balaban J connectivity index is 1.59. The Morgan fingerprint density at radius 3 is 2.70 bits per heavy atom. The molecule has 2 heterocycles. The topological polar surface area (TPSA) is 47.0 Å². The van der Waals surface area contributed by atoms with Gasteiger partial charge in [-0.15, -0.1) is 0 Å². The highest BCUT2D eigenvalue weighted by molar-refractivity contribution is 6.30. The number of nitrogens with zero attached hydrogens (tertiary/aromatic N) is 3. The van der Waals surface area contributed by atoms with Gasteiger partial charge >= 0.3 is 0 Å². The number of carbonyl (C=O) groups is 1. The number of amides is 1. The quantitative estimate of drug-likeness (QED) is 0.899. The van der Waals surface area contributed by atoms with Gasteiger partial charge in [-0.05, 0) is 31.7 Å². The van der Waals surface area contributed by atoms with Crippen LogP contribution in [0.3, 0.4) is 0 Å². The third-order valence-electron chi connectivity index (χ3n) is 4.80. The monoisotopic (exact) mass is 337 g/mol. The van der Waals surface area contributed by atoms with E-state index in [1.807, 2.05) is 0 Å². The predicted octanol–water partition coefficient (Wildman–Crippen LogP) is 1.16. The molecule has 126 valence electrons. The lowest BCUT2D eigenvalue weighted by Crippen LogP contribution is -2.52. The molecule has 1 aromatic carbocycles. The first kappa shape index (κ1) is 16.7. The number of halogens is 1. The Labute approximate surface area is 142 Å². The van der Waals surface area contributed by atoms with Gasteiger partial charge in [0.15, 0.2) is 0 Å². The molecule has 2 aliphatic rings. The van der Waals surface area contributed by atoms with Gasteiger partial charge in [0.25, 0.3) is 5.91 Å². The second-order valence-corrected chi connectivity index (χ2v) is 7.23. The molecule has 1 N–H and O–H groups in total. The molecule has 23 heavy (non-hydrogen) atoms. The summed E-state index contributed by atoms with van der Waals surface area (Å²) in [5.41, 5.74) is -0.217. The van der Waals surface area contributed by atoms with Crippen molar-refractivity contribution in [1.29, 1.82) is 0 Å². The lowest BCUT2D eigenvalue weighted by Gasteiger charge is -2.36. The Morgan fingerprint density at radius 2 is 2.00 bits per heavy atom. The molecule has 2 saturated heterocycles. The summed E-state index contributed by atoms with van der Waals surface area (Å²) < 4.78 is 0. The van der Waals surface area contributed by atoms with E-state index in [9.17, 15) is 9.90 Å². The molecule has 0 bridgehead atoms. The lowest BCUT2D eigenvalue weighted by molar-refractivity contribution is 0.000526. The summed E-state index contributed by atoms with van der Waals surface area (Å²) >= 11 is 5.96. The van der Waals surface area contributed by atoms with Crippen LogP contribution in [-0.4, -0.2) is 84.2 Å². The molecule has 1 aromatic rings. The van der Waals surface area contributed by atoms with Crippen molar-refractivity contribution in [1.82, 2.24) is 14.7 Å². The molecule has 1 amide bonds. The molecule has 1 atom stereocenters. The van der Waals surface area contributed by atoms with Crippen LogP contribution >= 0.6 is 11.6 Å². The van der Waals surface area contributed by atoms with Crippen LogP contribution in [-0.2, 0) is 0 Å². The van der Waals surface area contributed by atoms with Crippen LogP contribution in [0.25, 0.3) is 0 Å². The molecule has 0 saturated carbocycles. The fourth-order valence-electron chi connectivity index (χ4n) is 3.39. The first-order valence-electron chi connectivity index (χ1n) is 8.13. The molecule has 0 aromatic heterocycles. The summed E-state index contributed by atoms with van der Waals surface area (Å²) in [6.07, 6.45) is 0.631. The van der Waals surface area contributed by atoms with E-state index in [0.717, 1.165) is 26.2 Å². The van der Waals surface area contributed by atoms with Crippen LogP contribution in [0.1, 0.15) is 16.8 Å². The van der Waals surface area contributed by atoms with Crippen LogP contribution in [0.2, 0.25) is 5.02 Å². The molecule has 0 spiro atoms. The number of β-amino-alcohol motifs (C(OH)–C–C–N with tert-alkyl or cyclic N) is 1. The number of benzene rings is 1. The Hall–Kier alpha value is -1.14. The molecule has 0 radical (unpaired) electrons. The summed E-state index contributed by atoms with van der Waals surface area (Å²) in [6.45, 7) is 5.63. The van der Waals surface area contributed by atoms with Crippen molar-refractivity contribution in [3.05, 3.63) is 34.9 Å². The number of aliphatic hydroxyl groups is 1. The molecule has 5 nitrogen and oxygen atoms in total. The minimum atomic E-state index is -0.801. The normalized spacial score (nSPS) is 26.7. The number of hydrogen-bond acceptors (Lipinski definition) is 4. The van der Waals surface area contributed by atoms with E-state index in [1.165, 1.54) is 0 Å². The van der Waals surface area contributed by atoms with Gasteiger partial charge in [0.2, 0.25) is 0 Å². The summed E-state index contributed by atoms with van der Waals surface area (Å²) in [7, 11) is 2.12. The fraction of sp³-hybridized carbons (Fsp3) is 0.588. The Morgan fingerprint density at radius 1 is 1.26 bits per heavy atom. The zero-order valence-electron chi connectivity index (χ0n) is 13.5. The van der Waals surface area contributed by atoms with Crippen molar-refractivity contribution < 1.29 is 9.90 Å². The first-order chi connectivity index (χ1) is 11.0. The number of piperazine rings is 1. The number of likely N-dealkylation sites (N-methyl/N-ethyl adjacent to an activating group) is 1. The van der Waals surface area contributed by atoms with Crippen LogP contribution in [0.5, 0.6) is 0 Å². The van der Waals surface area contributed by atoms with Gasteiger partial charge in [-0.1, -0.05) is 17.7 Å². The number of carbonyl (C=O) groups excluding carboxylic acids is 1. The Bertz CT molecular complexity index is 575. The van der Waals surface area contributed by atoms with Crippen molar-refractivity contribution in [2.45, 2.75) is 12.0 Å². The third kappa shape index (κ3) is 4.04. The van der Waals surface area contributed by atoms with Gasteiger partial charge < -0.3 is 14.9 Å². The average Bonchev–Trinajstić information content (AvgIpc) is 2.91. The fourth-order valence-corrected chi connectivity index (χ4v) is 3.58. The molecule has 3 rings (SSSR count). The zero-order valence-corrected chi connectivity index (χ0v) is 14.3. The summed E-state index contributed by atoms with van der Waals surface area (Å²) in [5, 5.41) is 11.4. The standard InChI is InChI=1S/C17H24ClN3O2/c1-19-7-9-20(10-8-19)12-17(23)5-6-21(13-17)16(22)14-3-2-4-15(18)11-14/h2-4,11,23H,5-10,12-13H2,1H3/t17-/m0/s1. The van der Waals surface area contributed by atoms with Gasteiger partial charge in [-0.2, -0.15) is 0 Å². The van der Waals surface area contributed by atoms with E-state index in [4.69, 9.17) is 11.6 Å². The SMILES string of the molecule is CN1CCN(C[C@@]2(O)CCN(C(=O)c3cccc(Cl)c3)C2)CC1. The highest BCUT2D eigenvalue weighted by Gasteiger charge is 2.40. The van der Waals surface area contributed by atoms with Crippen molar-refractivity contribution in [3.8, 4) is 0 Å². The average molecular weight is 338 g/mol. The van der Waals surface area contributed by atoms with Crippen molar-refractivity contribution >= 4 is 17.5 Å². The third-order valence-corrected chi connectivity index (χ3v) is 5.04. The van der Waals surface area contributed by atoms with Gasteiger partial charge in [0, 0.05) is 49.9 Å². The van der Waals surface area contributed by atoms with Crippen molar-refractivity contribution in [2.75, 3.05) is 52.9 Å². The maximum Gasteiger partial charge on any atom is 0.254 e. The maximum absolute atomic E-state index is 12.6. The minimum Gasteiger partial charge on any atom is -0.387 e. The largest absolute Gasteiger partial charge is 0.387 e. The maximum atomic E-state index is 12.6. The smallest absolute Gasteiger partial charge is 0.254 e. The van der Waals surface area contributed by atoms with E-state index < -0.39 is 5.60 Å². The Kier molecular flexibility index (Phi) is 4.92. The van der Waals surface area contributed by atoms with Crippen molar-refractivity contribution in [2.24, 2.45) is 0 Å². The summed E-state index contributed by atoms with van der Waals surface area (Å²) in [5.74, 6) is -0.0539. The van der Waals surface area contributed by atoms with Crippen LogP contribution < -0.4 is 0 Å². The zero-order chi connectivity index (χ0) is 16.4. The molecule has 6 heteroatoms. The molecule has 0 aliphatic carbocycles. The van der Waals surface area contributed by atoms with Crippen LogP contribution in [0.4, 0.5) is 0 Å². The van der Waals surface area contributed by atoms with Crippen LogP contribution in [0.15, 0.2) is 24.3 Å². The molecular formula is C17H24ClN3O2. The molecule has 2 aliphatic heterocycles. The van der Waals surface area contributed by atoms with E-state index in [1.54, 1.807) is 29.2 Å². The molecule has 2 fully saturated rings. The predicted molar refractivity (Wildman–Crippen MR) is 90.9 cm³/mol. The molecule has 0 unspecified atom stereocenters. The number of likely N-dealkylation sites (tertiary alicyclic amines) is 1. The van der Waals surface area contributed by atoms with Gasteiger partial charge in [-0.3, -0.25) is 9.69 Å². The van der Waals surface area contributed by atoms with Crippen molar-refractivity contribution in [3.63, 3.8) is 0 Å². The second kappa shape index (κ2) is 6.77. The highest BCUT2D eigenvalue weighted by Crippen LogP contribution is 2.25. The lowest BCUT2D eigenvalue weighted by atomic mass is 10.0. The van der Waals surface area contributed by atoms with E-state index in [-0.39, 0.29) is 5.91 Å². The first-order valence-corrected chi connectivity index (χ1v) is 8.51. The second-order valence-electron chi connectivity index (χ2n) is 6.79. The van der Waals surface area contributed by atoms with Gasteiger partial charge in [0.1, 0.15) is 0 Å². The van der Waals surface area contributed by atoms with Gasteiger partial charge in [0.05, 0.1) is 12.1 Å². The van der Waals surface area contributed by atoms with E-state index in [0.29, 0.717) is 36.6 Å².